The molecule has 3 amide bonds. The topological polar surface area (TPSA) is 200 Å². The summed E-state index contributed by atoms with van der Waals surface area (Å²) >= 11 is 12.8. The van der Waals surface area contributed by atoms with Gasteiger partial charge in [-0.1, -0.05) is 140 Å². The number of amides is 3. The highest BCUT2D eigenvalue weighted by molar-refractivity contribution is 6.35. The van der Waals surface area contributed by atoms with Crippen LogP contribution in [-0.2, 0) is 35.2 Å². The van der Waals surface area contributed by atoms with E-state index in [9.17, 15) is 33.1 Å². The van der Waals surface area contributed by atoms with Crippen molar-refractivity contribution in [1.29, 1.82) is 0 Å². The summed E-state index contributed by atoms with van der Waals surface area (Å²) in [7, 11) is 1.66. The number of allylic oxidation sites excluding steroid dienone is 2. The molecule has 1 aliphatic heterocycles. The van der Waals surface area contributed by atoms with E-state index in [1.54, 1.807) is 43.5 Å². The van der Waals surface area contributed by atoms with Crippen molar-refractivity contribution in [3.8, 4) is 17.1 Å². The van der Waals surface area contributed by atoms with Crippen molar-refractivity contribution in [1.82, 2.24) is 50.4 Å². The minimum Gasteiger partial charge on any atom is -0.497 e. The number of benzene rings is 6. The Hall–Kier alpha value is -9.53. The Labute approximate surface area is 665 Å². The van der Waals surface area contributed by atoms with Gasteiger partial charge >= 0.3 is 5.97 Å². The van der Waals surface area contributed by atoms with Crippen LogP contribution in [0, 0.1) is 36.3 Å². The molecule has 3 unspecified atom stereocenters. The lowest BCUT2D eigenvalue weighted by Crippen LogP contribution is -2.47. The number of aryl methyl sites for hydroxylation is 1. The van der Waals surface area contributed by atoms with Gasteiger partial charge in [0, 0.05) is 46.8 Å². The molecule has 9 aromatic rings. The molecule has 112 heavy (non-hydrogen) atoms. The third-order valence-electron chi connectivity index (χ3n) is 23.6. The molecule has 6 aromatic carbocycles. The van der Waals surface area contributed by atoms with Gasteiger partial charge in [0.2, 0.25) is 0 Å². The van der Waals surface area contributed by atoms with Crippen LogP contribution in [0.5, 0.6) is 5.75 Å². The zero-order chi connectivity index (χ0) is 77.8. The van der Waals surface area contributed by atoms with Crippen molar-refractivity contribution in [2.75, 3.05) is 33.4 Å². The summed E-state index contributed by atoms with van der Waals surface area (Å²) < 4.78 is 44.0. The second-order valence-corrected chi connectivity index (χ2v) is 32.0. The number of nitrogens with one attached hydrogen (secondary N) is 3. The minimum absolute atomic E-state index is 0.164. The number of hydrogen-bond donors (Lipinski definition) is 4. The number of rotatable bonds is 18. The van der Waals surface area contributed by atoms with Crippen LogP contribution in [0.4, 0.5) is 8.78 Å². The molecule has 7 aliphatic rings. The van der Waals surface area contributed by atoms with Crippen molar-refractivity contribution < 1.29 is 42.5 Å². The molecule has 16 rings (SSSR count). The van der Waals surface area contributed by atoms with Gasteiger partial charge in [-0.15, -0.1) is 0 Å². The summed E-state index contributed by atoms with van der Waals surface area (Å²) in [6, 6.07) is 44.0. The number of ether oxygens (including phenoxy) is 2. The number of nitrogens with zero attached hydrogens (tertiary/aromatic N) is 7. The highest BCUT2D eigenvalue weighted by Gasteiger charge is 2.52. The second-order valence-electron chi connectivity index (χ2n) is 31.1. The molecule has 3 saturated carbocycles. The average Bonchev–Trinajstić information content (AvgIpc) is 1.62. The standard InChI is InChI=1S/C33H38FN3O3.C30H34FN3O2.C28H30Cl2N4O2/c1-3-40-33(39)28-22-12-13-23(19-22)29(28)35-32(38)30-27-7-5-4-6-24(18-21-10-8-20(2)9-11-21)31(27)37(36-30)26-16-14-25(34)15-17-26;31-24-17-15-21(16-18-24)19-23-11-7-8-14-26-28(33-34(29(23)26)25-12-5-2-6-13-25)30(36)32-27(20-35)22-9-3-1-4-10-22;1-36-22-12-9-19(10-13-22)17-20-7-3-4-8-23-26(28(35)32-33-15-5-2-6-16-33)31-34(27(20)23)25-14-11-21(29)18-24(25)30/h8-11,14-17,22-24,28-29H,3-7,12-13,18-19H2,1-2H3,(H,35,38);1,3-4,9-10,15-19,25,27,35H,2,5-8,11-14,20H2,(H,32,36);9-14,17-18H,2-8,15-16H2,1H3,(H,32,35)/b;23-19+;20-17+/t22?,23?,24?,28-,29+;27-;/m00./s1. The van der Waals surface area contributed by atoms with Gasteiger partial charge in [-0.05, 0) is 260 Å². The van der Waals surface area contributed by atoms with Crippen LogP contribution in [0.25, 0.3) is 34.7 Å². The number of hydrazine groups is 1. The van der Waals surface area contributed by atoms with Crippen LogP contribution in [-0.4, -0.2) is 103 Å². The molecule has 1 saturated heterocycles. The number of carbonyl (C=O) groups is 4. The number of fused-ring (bicyclic) bond motifs is 5. The van der Waals surface area contributed by atoms with E-state index in [-0.39, 0.29) is 77.7 Å². The van der Waals surface area contributed by atoms with Gasteiger partial charge < -0.3 is 25.2 Å². The predicted molar refractivity (Wildman–Crippen MR) is 436 cm³/mol. The molecular formula is C91H102Cl2F2N10O7. The van der Waals surface area contributed by atoms with E-state index in [0.717, 1.165) is 215 Å². The van der Waals surface area contributed by atoms with Crippen molar-refractivity contribution in [3.05, 3.63) is 246 Å². The van der Waals surface area contributed by atoms with Crippen molar-refractivity contribution in [2.24, 2.45) is 17.8 Å². The number of halogens is 4. The van der Waals surface area contributed by atoms with E-state index in [0.29, 0.717) is 39.4 Å². The number of aliphatic hydroxyl groups excluding tert-OH is 1. The maximum absolute atomic E-state index is 14.0. The van der Waals surface area contributed by atoms with Crippen LogP contribution < -0.4 is 20.8 Å². The van der Waals surface area contributed by atoms with E-state index in [1.807, 2.05) is 82.0 Å². The summed E-state index contributed by atoms with van der Waals surface area (Å²) in [5.74, 6) is -0.142. The van der Waals surface area contributed by atoms with E-state index in [4.69, 9.17) is 48.0 Å². The van der Waals surface area contributed by atoms with Crippen molar-refractivity contribution >= 4 is 70.2 Å². The Morgan fingerprint density at radius 2 is 1.20 bits per heavy atom. The summed E-state index contributed by atoms with van der Waals surface area (Å²) in [5.41, 5.74) is 19.5. The molecule has 2 bridgehead atoms. The van der Waals surface area contributed by atoms with Crippen LogP contribution in [0.15, 0.2) is 146 Å². The first kappa shape index (κ1) is 79.1. The molecule has 4 heterocycles. The maximum atomic E-state index is 14.0. The lowest BCUT2D eigenvalue weighted by Gasteiger charge is -2.30. The van der Waals surface area contributed by atoms with E-state index in [2.05, 4.69) is 64.1 Å². The number of carbonyl (C=O) groups excluding carboxylic acids is 4. The van der Waals surface area contributed by atoms with Gasteiger partial charge in [-0.25, -0.2) is 23.2 Å². The summed E-state index contributed by atoms with van der Waals surface area (Å²) in [6.07, 6.45) is 28.4. The molecule has 4 fully saturated rings. The Kier molecular flexibility index (Phi) is 26.1. The zero-order valence-corrected chi connectivity index (χ0v) is 65.9. The molecule has 586 valence electrons. The quantitative estimate of drug-likeness (QED) is 0.0471. The van der Waals surface area contributed by atoms with E-state index in [1.165, 1.54) is 61.1 Å². The minimum atomic E-state index is -0.491. The first-order chi connectivity index (χ1) is 54.6. The van der Waals surface area contributed by atoms with Gasteiger partial charge in [0.05, 0.1) is 71.8 Å². The van der Waals surface area contributed by atoms with Gasteiger partial charge in [0.1, 0.15) is 17.4 Å². The smallest absolute Gasteiger partial charge is 0.311 e. The van der Waals surface area contributed by atoms with Crippen LogP contribution in [0.2, 0.25) is 10.0 Å². The Morgan fingerprint density at radius 1 is 0.607 bits per heavy atom. The highest BCUT2D eigenvalue weighted by atomic mass is 35.5. The van der Waals surface area contributed by atoms with Crippen molar-refractivity contribution in [3.63, 3.8) is 0 Å². The average molecular weight is 1560 g/mol. The highest BCUT2D eigenvalue weighted by Crippen LogP contribution is 2.50. The molecule has 6 aliphatic carbocycles. The van der Waals surface area contributed by atoms with Crippen LogP contribution in [0.1, 0.15) is 246 Å². The number of piperidine rings is 1. The second kappa shape index (κ2) is 37.0. The molecule has 4 N–H and O–H groups in total. The molecule has 0 radical (unpaired) electrons. The predicted octanol–water partition coefficient (Wildman–Crippen LogP) is 18.9. The normalized spacial score (nSPS) is 20.6. The fraction of sp³-hybridized carbons (Fsp3) is 0.418. The Balaban J connectivity index is 0.000000140. The van der Waals surface area contributed by atoms with E-state index < -0.39 is 6.04 Å². The van der Waals surface area contributed by atoms with Gasteiger partial charge in [-0.3, -0.25) is 29.3 Å². The lowest BCUT2D eigenvalue weighted by atomic mass is 9.84. The van der Waals surface area contributed by atoms with Crippen LogP contribution in [0.3, 0.4) is 0 Å². The fourth-order valence-electron chi connectivity index (χ4n) is 18.0. The fourth-order valence-corrected chi connectivity index (χ4v) is 18.5. The summed E-state index contributed by atoms with van der Waals surface area (Å²) in [6.45, 7) is 5.79. The first-order valence-electron chi connectivity index (χ1n) is 40.5. The third kappa shape index (κ3) is 18.4. The number of methoxy groups -OCH3 is 1. The van der Waals surface area contributed by atoms with Crippen molar-refractivity contribution in [2.45, 2.75) is 192 Å². The lowest BCUT2D eigenvalue weighted by molar-refractivity contribution is -0.150. The molecular weight excluding hydrogens is 1450 g/mol. The van der Waals surface area contributed by atoms with Crippen LogP contribution >= 0.6 is 23.2 Å². The summed E-state index contributed by atoms with van der Waals surface area (Å²) in [5, 5.41) is 34.1. The number of esters is 1. The maximum Gasteiger partial charge on any atom is 0.311 e. The molecule has 0 spiro atoms. The number of aliphatic hydroxyl groups is 1. The van der Waals surface area contributed by atoms with Gasteiger partial charge in [0.25, 0.3) is 17.7 Å². The largest absolute Gasteiger partial charge is 0.497 e. The number of aromatic nitrogens is 6. The molecule has 17 nitrogen and oxygen atoms in total. The Bertz CT molecular complexity index is 4830. The SMILES string of the molecule is CCOC(=O)[C@H]1C2CCC(C2)[C@H]1NC(=O)c1nn(-c2ccc(F)cc2)c2c1CCCCC2Cc1ccc(C)cc1.COc1ccc(/C=C2\CCCCc3c(C(=O)NN4CCCCC4)nn(-c4ccc(Cl)cc4Cl)c32)cc1.O=C(N[C@@H](CO)c1ccccc1)c1nn(C2CCCCC2)c2c1CCCC/C2=C\c1ccc(F)cc1. The first-order valence-corrected chi connectivity index (χ1v) is 41.3. The Morgan fingerprint density at radius 3 is 1.87 bits per heavy atom. The zero-order valence-electron chi connectivity index (χ0n) is 64.4. The molecule has 3 aromatic heterocycles. The summed E-state index contributed by atoms with van der Waals surface area (Å²) in [4.78, 5) is 54.0. The van der Waals surface area contributed by atoms with Gasteiger partial charge in [0.15, 0.2) is 17.1 Å². The monoisotopic (exact) mass is 1550 g/mol. The van der Waals surface area contributed by atoms with Gasteiger partial charge in [-0.2, -0.15) is 15.3 Å². The molecule has 6 atom stereocenters. The molecule has 21 heteroatoms. The third-order valence-corrected chi connectivity index (χ3v) is 24.1. The van der Waals surface area contributed by atoms with E-state index >= 15 is 0 Å². The number of hydrogen-bond acceptors (Lipinski definition) is 11.